The lowest BCUT2D eigenvalue weighted by atomic mass is 9.82. The Morgan fingerprint density at radius 1 is 1.08 bits per heavy atom. The summed E-state index contributed by atoms with van der Waals surface area (Å²) in [5, 5.41) is 19.1. The van der Waals surface area contributed by atoms with Crippen molar-refractivity contribution in [2.45, 2.75) is 59.4 Å². The van der Waals surface area contributed by atoms with E-state index in [0.29, 0.717) is 28.8 Å². The maximum atomic E-state index is 13.5. The van der Waals surface area contributed by atoms with E-state index < -0.39 is 5.97 Å². The largest absolute Gasteiger partial charge is 0.477 e. The molecule has 1 aliphatic carbocycles. The van der Waals surface area contributed by atoms with Gasteiger partial charge in [-0.05, 0) is 64.5 Å². The van der Waals surface area contributed by atoms with E-state index in [1.54, 1.807) is 15.5 Å². The molecule has 198 valence electrons. The Bertz CT molecular complexity index is 1490. The zero-order valence-corrected chi connectivity index (χ0v) is 22.1. The lowest BCUT2D eigenvalue weighted by Gasteiger charge is -2.32. The maximum absolute atomic E-state index is 13.5. The number of rotatable bonds is 6. The monoisotopic (exact) mass is 515 g/mol. The number of nitrogen functional groups attached to an aromatic ring is 1. The van der Waals surface area contributed by atoms with Crippen LogP contribution in [0, 0.1) is 18.8 Å². The summed E-state index contributed by atoms with van der Waals surface area (Å²) in [5.41, 5.74) is 9.79. The lowest BCUT2D eigenvalue weighted by molar-refractivity contribution is -0.124. The zero-order chi connectivity index (χ0) is 27.1. The summed E-state index contributed by atoms with van der Waals surface area (Å²) in [4.78, 5) is 31.8. The van der Waals surface area contributed by atoms with E-state index in [9.17, 15) is 14.7 Å². The topological polar surface area (TPSA) is 132 Å². The van der Waals surface area contributed by atoms with Crippen LogP contribution in [0.15, 0.2) is 42.6 Å². The third kappa shape index (κ3) is 4.73. The number of anilines is 2. The summed E-state index contributed by atoms with van der Waals surface area (Å²) in [5.74, 6) is 0.0118. The number of carbonyl (C=O) groups excluding carboxylic acids is 1. The Morgan fingerprint density at radius 2 is 1.76 bits per heavy atom. The molecule has 10 nitrogen and oxygen atoms in total. The van der Waals surface area contributed by atoms with Crippen LogP contribution in [-0.4, -0.2) is 47.4 Å². The molecule has 3 heterocycles. The molecule has 0 spiro atoms. The van der Waals surface area contributed by atoms with Crippen LogP contribution in [-0.2, 0) is 4.79 Å². The minimum absolute atomic E-state index is 0.00225. The molecule has 1 aromatic carbocycles. The van der Waals surface area contributed by atoms with Gasteiger partial charge in [-0.15, -0.1) is 5.10 Å². The molecule has 4 aromatic rings. The van der Waals surface area contributed by atoms with Gasteiger partial charge in [0.1, 0.15) is 11.4 Å². The van der Waals surface area contributed by atoms with Crippen molar-refractivity contribution in [2.24, 2.45) is 11.8 Å². The number of aromatic carboxylic acids is 1. The van der Waals surface area contributed by atoms with Gasteiger partial charge in [-0.2, -0.15) is 9.61 Å². The SMILES string of the molecule is Cc1cc(N)n2nc(-c3ccc(-n4cc(C(=O)O)c(N(C(=O)[C@H]5CC[C@H](C)CC5)C(C)C)n4)cc3)cc2n1. The number of carboxylic acid groups (broad SMARTS) is 1. The molecule has 1 fully saturated rings. The van der Waals surface area contributed by atoms with Crippen molar-refractivity contribution in [3.8, 4) is 16.9 Å². The first-order chi connectivity index (χ1) is 18.1. The molecule has 0 aliphatic heterocycles. The fourth-order valence-electron chi connectivity index (χ4n) is 5.19. The zero-order valence-electron chi connectivity index (χ0n) is 22.1. The third-order valence-corrected chi connectivity index (χ3v) is 7.28. The van der Waals surface area contributed by atoms with Crippen molar-refractivity contribution >= 4 is 29.2 Å². The first-order valence-electron chi connectivity index (χ1n) is 13.0. The summed E-state index contributed by atoms with van der Waals surface area (Å²) in [7, 11) is 0. The van der Waals surface area contributed by atoms with Gasteiger partial charge in [0.25, 0.3) is 0 Å². The second-order valence-corrected chi connectivity index (χ2v) is 10.5. The second kappa shape index (κ2) is 9.92. The molecule has 38 heavy (non-hydrogen) atoms. The second-order valence-electron chi connectivity index (χ2n) is 10.5. The molecule has 0 atom stereocenters. The Kier molecular flexibility index (Phi) is 6.64. The number of carbonyl (C=O) groups is 2. The summed E-state index contributed by atoms with van der Waals surface area (Å²) in [6.07, 6.45) is 5.11. The molecular weight excluding hydrogens is 482 g/mol. The molecule has 0 radical (unpaired) electrons. The standard InChI is InChI=1S/C28H33N7O3/c1-16(2)34(27(36)20-7-5-17(3)6-8-20)26-22(28(37)38)15-33(32-26)21-11-9-19(10-12-21)23-14-25-30-18(4)13-24(29)35(25)31-23/h9-17,20H,5-8,29H2,1-4H3,(H,37,38)/t17-,20-. The van der Waals surface area contributed by atoms with Gasteiger partial charge in [-0.25, -0.2) is 14.5 Å². The van der Waals surface area contributed by atoms with Crippen molar-refractivity contribution in [3.05, 3.63) is 53.9 Å². The van der Waals surface area contributed by atoms with Crippen LogP contribution in [0.4, 0.5) is 11.6 Å². The van der Waals surface area contributed by atoms with Gasteiger partial charge in [0.05, 0.1) is 11.4 Å². The Balaban J connectivity index is 1.46. The molecule has 5 rings (SSSR count). The average Bonchev–Trinajstić information content (AvgIpc) is 3.50. The number of hydrogen-bond donors (Lipinski definition) is 2. The number of nitrogens with two attached hydrogens (primary N) is 1. The molecule has 0 saturated heterocycles. The van der Waals surface area contributed by atoms with Gasteiger partial charge in [0.15, 0.2) is 11.5 Å². The summed E-state index contributed by atoms with van der Waals surface area (Å²) in [6.45, 7) is 7.87. The highest BCUT2D eigenvalue weighted by Crippen LogP contribution is 2.33. The number of amides is 1. The van der Waals surface area contributed by atoms with Gasteiger partial charge in [-0.1, -0.05) is 19.1 Å². The van der Waals surface area contributed by atoms with Crippen molar-refractivity contribution in [3.63, 3.8) is 0 Å². The first kappa shape index (κ1) is 25.4. The number of aryl methyl sites for hydroxylation is 1. The van der Waals surface area contributed by atoms with E-state index in [1.165, 1.54) is 10.9 Å². The van der Waals surface area contributed by atoms with Gasteiger partial charge < -0.3 is 10.8 Å². The molecular formula is C28H33N7O3. The van der Waals surface area contributed by atoms with Crippen molar-refractivity contribution in [1.29, 1.82) is 0 Å². The number of benzene rings is 1. The molecule has 0 unspecified atom stereocenters. The smallest absolute Gasteiger partial charge is 0.341 e. The van der Waals surface area contributed by atoms with Crippen LogP contribution in [0.2, 0.25) is 0 Å². The van der Waals surface area contributed by atoms with Gasteiger partial charge in [0, 0.05) is 41.5 Å². The summed E-state index contributed by atoms with van der Waals surface area (Å²) in [6, 6.07) is 10.9. The summed E-state index contributed by atoms with van der Waals surface area (Å²) < 4.78 is 3.11. The van der Waals surface area contributed by atoms with Crippen LogP contribution in [0.25, 0.3) is 22.6 Å². The molecule has 1 saturated carbocycles. The van der Waals surface area contributed by atoms with Crippen LogP contribution in [0.1, 0.15) is 62.5 Å². The van der Waals surface area contributed by atoms with Crippen LogP contribution in [0.3, 0.4) is 0 Å². The van der Waals surface area contributed by atoms with Crippen molar-refractivity contribution in [2.75, 3.05) is 10.6 Å². The third-order valence-electron chi connectivity index (χ3n) is 7.28. The number of aromatic nitrogens is 5. The van der Waals surface area contributed by atoms with Gasteiger partial charge >= 0.3 is 5.97 Å². The molecule has 1 aliphatic rings. The Hall–Kier alpha value is -4.21. The van der Waals surface area contributed by atoms with E-state index in [4.69, 9.17) is 5.73 Å². The lowest BCUT2D eigenvalue weighted by Crippen LogP contribution is -2.43. The highest BCUT2D eigenvalue weighted by atomic mass is 16.4. The van der Waals surface area contributed by atoms with Crippen LogP contribution in [0.5, 0.6) is 0 Å². The van der Waals surface area contributed by atoms with Crippen LogP contribution >= 0.6 is 0 Å². The fourth-order valence-corrected chi connectivity index (χ4v) is 5.19. The predicted octanol–water partition coefficient (Wildman–Crippen LogP) is 4.74. The van der Waals surface area contributed by atoms with E-state index in [2.05, 4.69) is 22.1 Å². The van der Waals surface area contributed by atoms with Gasteiger partial charge in [0.2, 0.25) is 5.91 Å². The maximum Gasteiger partial charge on any atom is 0.341 e. The molecule has 0 bridgehead atoms. The predicted molar refractivity (Wildman–Crippen MR) is 145 cm³/mol. The quantitative estimate of drug-likeness (QED) is 0.379. The number of carboxylic acids is 1. The summed E-state index contributed by atoms with van der Waals surface area (Å²) >= 11 is 0. The number of nitrogens with zero attached hydrogens (tertiary/aromatic N) is 6. The van der Waals surface area contributed by atoms with Crippen molar-refractivity contribution < 1.29 is 14.7 Å². The van der Waals surface area contributed by atoms with E-state index in [0.717, 1.165) is 36.9 Å². The van der Waals surface area contributed by atoms with Crippen molar-refractivity contribution in [1.82, 2.24) is 24.4 Å². The minimum Gasteiger partial charge on any atom is -0.477 e. The molecule has 3 N–H and O–H groups in total. The van der Waals surface area contributed by atoms with E-state index in [1.807, 2.05) is 51.1 Å². The highest BCUT2D eigenvalue weighted by Gasteiger charge is 2.34. The van der Waals surface area contributed by atoms with Gasteiger partial charge in [-0.3, -0.25) is 9.69 Å². The van der Waals surface area contributed by atoms with Crippen LogP contribution < -0.4 is 10.6 Å². The Labute approximate surface area is 221 Å². The normalized spacial score (nSPS) is 17.7. The minimum atomic E-state index is -1.12. The molecule has 10 heteroatoms. The van der Waals surface area contributed by atoms with E-state index >= 15 is 0 Å². The first-order valence-corrected chi connectivity index (χ1v) is 13.0. The fraction of sp³-hybridized carbons (Fsp3) is 0.393. The number of hydrogen-bond acceptors (Lipinski definition) is 6. The highest BCUT2D eigenvalue weighted by molar-refractivity contribution is 6.01. The number of fused-ring (bicyclic) bond motifs is 1. The Morgan fingerprint density at radius 3 is 2.39 bits per heavy atom. The molecule has 1 amide bonds. The molecule has 3 aromatic heterocycles. The average molecular weight is 516 g/mol. The van der Waals surface area contributed by atoms with E-state index in [-0.39, 0.29) is 29.2 Å².